The maximum Gasteiger partial charge on any atom is 0.221 e. The minimum Gasteiger partial charge on any atom is -0.346 e. The Morgan fingerprint density at radius 3 is 1.90 bits per heavy atom. The summed E-state index contributed by atoms with van der Waals surface area (Å²) in [5.41, 5.74) is 3.24. The Bertz CT molecular complexity index is 513. The van der Waals surface area contributed by atoms with Crippen molar-refractivity contribution in [3.05, 3.63) is 78.2 Å². The standard InChI is InChI=1S/C18H21O2/c1-4-8-15-11-13-17(14-12-15)18(19-2,20-3)16-9-6-5-7-10-16/h5-7,9-14H,1,4,8H2,2-3H3. The fraction of sp³-hybridized carbons (Fsp3) is 0.278. The second-order valence-electron chi connectivity index (χ2n) is 4.69. The first-order valence-electron chi connectivity index (χ1n) is 6.81. The van der Waals surface area contributed by atoms with Gasteiger partial charge < -0.3 is 9.47 Å². The molecule has 0 unspecified atom stereocenters. The Morgan fingerprint density at radius 2 is 1.40 bits per heavy atom. The third-order valence-corrected chi connectivity index (χ3v) is 3.53. The highest BCUT2D eigenvalue weighted by Gasteiger charge is 2.34. The molecular formula is C18H21O2. The molecule has 0 bridgehead atoms. The van der Waals surface area contributed by atoms with E-state index in [1.54, 1.807) is 14.2 Å². The molecule has 0 N–H and O–H groups in total. The summed E-state index contributed by atoms with van der Waals surface area (Å²) in [5, 5.41) is 0. The van der Waals surface area contributed by atoms with E-state index in [2.05, 4.69) is 31.2 Å². The van der Waals surface area contributed by atoms with Gasteiger partial charge in [0.15, 0.2) is 0 Å². The lowest BCUT2D eigenvalue weighted by atomic mass is 9.95. The molecular weight excluding hydrogens is 248 g/mol. The van der Waals surface area contributed by atoms with Gasteiger partial charge in [0.25, 0.3) is 0 Å². The van der Waals surface area contributed by atoms with Gasteiger partial charge in [0.05, 0.1) is 0 Å². The SMILES string of the molecule is [CH2]CCc1ccc(C(OC)(OC)c2ccccc2)cc1. The van der Waals surface area contributed by atoms with Crippen LogP contribution in [-0.2, 0) is 21.7 Å². The number of hydrogen-bond donors (Lipinski definition) is 0. The zero-order valence-electron chi connectivity index (χ0n) is 12.1. The van der Waals surface area contributed by atoms with Crippen LogP contribution in [0.2, 0.25) is 0 Å². The highest BCUT2D eigenvalue weighted by Crippen LogP contribution is 2.33. The number of benzene rings is 2. The van der Waals surface area contributed by atoms with Gasteiger partial charge in [-0.05, 0) is 18.4 Å². The van der Waals surface area contributed by atoms with Gasteiger partial charge in [0.2, 0.25) is 5.79 Å². The van der Waals surface area contributed by atoms with E-state index in [-0.39, 0.29) is 0 Å². The molecule has 0 fully saturated rings. The maximum absolute atomic E-state index is 5.72. The van der Waals surface area contributed by atoms with Crippen molar-refractivity contribution in [2.45, 2.75) is 18.6 Å². The van der Waals surface area contributed by atoms with E-state index >= 15 is 0 Å². The monoisotopic (exact) mass is 269 g/mol. The molecule has 0 aromatic heterocycles. The molecule has 0 saturated heterocycles. The summed E-state index contributed by atoms with van der Waals surface area (Å²) in [4.78, 5) is 0. The van der Waals surface area contributed by atoms with Crippen molar-refractivity contribution >= 4 is 0 Å². The van der Waals surface area contributed by atoms with Crippen molar-refractivity contribution in [2.75, 3.05) is 14.2 Å². The molecule has 105 valence electrons. The van der Waals surface area contributed by atoms with Gasteiger partial charge in [0.1, 0.15) is 0 Å². The predicted octanol–water partition coefficient (Wildman–Crippen LogP) is 3.95. The smallest absolute Gasteiger partial charge is 0.221 e. The third-order valence-electron chi connectivity index (χ3n) is 3.53. The Kier molecular flexibility index (Phi) is 4.94. The van der Waals surface area contributed by atoms with Crippen molar-refractivity contribution in [1.29, 1.82) is 0 Å². The Morgan fingerprint density at radius 1 is 0.850 bits per heavy atom. The molecule has 2 aromatic rings. The zero-order valence-corrected chi connectivity index (χ0v) is 12.1. The van der Waals surface area contributed by atoms with E-state index in [4.69, 9.17) is 9.47 Å². The second-order valence-corrected chi connectivity index (χ2v) is 4.69. The summed E-state index contributed by atoms with van der Waals surface area (Å²) >= 11 is 0. The van der Waals surface area contributed by atoms with Crippen molar-refractivity contribution < 1.29 is 9.47 Å². The van der Waals surface area contributed by atoms with Gasteiger partial charge >= 0.3 is 0 Å². The summed E-state index contributed by atoms with van der Waals surface area (Å²) in [6, 6.07) is 18.3. The molecule has 20 heavy (non-hydrogen) atoms. The Balaban J connectivity index is 2.42. The van der Waals surface area contributed by atoms with Gasteiger partial charge in [-0.3, -0.25) is 0 Å². The van der Waals surface area contributed by atoms with Crippen LogP contribution in [0.1, 0.15) is 23.1 Å². The lowest BCUT2D eigenvalue weighted by Crippen LogP contribution is -2.32. The summed E-state index contributed by atoms with van der Waals surface area (Å²) in [6.45, 7) is 3.88. The molecule has 0 atom stereocenters. The van der Waals surface area contributed by atoms with Crippen molar-refractivity contribution in [1.82, 2.24) is 0 Å². The van der Waals surface area contributed by atoms with Gasteiger partial charge in [0, 0.05) is 25.3 Å². The van der Waals surface area contributed by atoms with Crippen molar-refractivity contribution in [3.8, 4) is 0 Å². The highest BCUT2D eigenvalue weighted by molar-refractivity contribution is 5.35. The van der Waals surface area contributed by atoms with Crippen LogP contribution < -0.4 is 0 Å². The molecule has 0 aliphatic carbocycles. The van der Waals surface area contributed by atoms with Gasteiger partial charge in [-0.25, -0.2) is 0 Å². The van der Waals surface area contributed by atoms with E-state index in [9.17, 15) is 0 Å². The maximum atomic E-state index is 5.72. The molecule has 0 aliphatic heterocycles. The molecule has 0 heterocycles. The quantitative estimate of drug-likeness (QED) is 0.739. The fourth-order valence-electron chi connectivity index (χ4n) is 2.47. The average molecular weight is 269 g/mol. The molecule has 2 heteroatoms. The van der Waals surface area contributed by atoms with Crippen molar-refractivity contribution in [2.24, 2.45) is 0 Å². The summed E-state index contributed by atoms with van der Waals surface area (Å²) in [7, 11) is 3.33. The van der Waals surface area contributed by atoms with Crippen LogP contribution in [0.4, 0.5) is 0 Å². The van der Waals surface area contributed by atoms with Crippen LogP contribution >= 0.6 is 0 Å². The van der Waals surface area contributed by atoms with Crippen LogP contribution in [0, 0.1) is 6.92 Å². The van der Waals surface area contributed by atoms with Crippen LogP contribution in [0.25, 0.3) is 0 Å². The molecule has 2 rings (SSSR count). The topological polar surface area (TPSA) is 18.5 Å². The summed E-state index contributed by atoms with van der Waals surface area (Å²) in [5.74, 6) is -0.857. The number of hydrogen-bond acceptors (Lipinski definition) is 2. The molecule has 0 spiro atoms. The number of methoxy groups -OCH3 is 2. The zero-order chi connectivity index (χ0) is 14.4. The molecule has 2 aromatic carbocycles. The van der Waals surface area contributed by atoms with Crippen LogP contribution in [-0.4, -0.2) is 14.2 Å². The lowest BCUT2D eigenvalue weighted by Gasteiger charge is -2.32. The number of ether oxygens (including phenoxy) is 2. The first-order valence-corrected chi connectivity index (χ1v) is 6.81. The summed E-state index contributed by atoms with van der Waals surface area (Å²) in [6.07, 6.45) is 1.89. The number of rotatable bonds is 6. The van der Waals surface area contributed by atoms with E-state index in [1.165, 1.54) is 5.56 Å². The molecule has 1 radical (unpaired) electrons. The highest BCUT2D eigenvalue weighted by atomic mass is 16.7. The fourth-order valence-corrected chi connectivity index (χ4v) is 2.47. The van der Waals surface area contributed by atoms with Crippen LogP contribution in [0.15, 0.2) is 54.6 Å². The average Bonchev–Trinajstić information content (AvgIpc) is 2.52. The van der Waals surface area contributed by atoms with E-state index in [0.29, 0.717) is 0 Å². The minimum absolute atomic E-state index is 0.857. The van der Waals surface area contributed by atoms with Gasteiger partial charge in [-0.15, -0.1) is 0 Å². The molecule has 0 saturated carbocycles. The molecule has 0 amide bonds. The van der Waals surface area contributed by atoms with Gasteiger partial charge in [-0.1, -0.05) is 61.5 Å². The lowest BCUT2D eigenvalue weighted by molar-refractivity contribution is -0.183. The van der Waals surface area contributed by atoms with Gasteiger partial charge in [-0.2, -0.15) is 0 Å². The molecule has 2 nitrogen and oxygen atoms in total. The predicted molar refractivity (Wildman–Crippen MR) is 81.4 cm³/mol. The van der Waals surface area contributed by atoms with E-state index < -0.39 is 5.79 Å². The Labute approximate surface area is 121 Å². The Hall–Kier alpha value is -1.64. The minimum atomic E-state index is -0.857. The van der Waals surface area contributed by atoms with E-state index in [1.807, 2.05) is 30.3 Å². The molecule has 0 aliphatic rings. The largest absolute Gasteiger partial charge is 0.346 e. The first-order chi connectivity index (χ1) is 9.76. The first kappa shape index (κ1) is 14.8. The van der Waals surface area contributed by atoms with Crippen molar-refractivity contribution in [3.63, 3.8) is 0 Å². The van der Waals surface area contributed by atoms with Crippen LogP contribution in [0.3, 0.4) is 0 Å². The normalized spacial score (nSPS) is 11.6. The van der Waals surface area contributed by atoms with E-state index in [0.717, 1.165) is 24.0 Å². The number of aryl methyl sites for hydroxylation is 1. The third kappa shape index (κ3) is 2.77. The summed E-state index contributed by atoms with van der Waals surface area (Å²) < 4.78 is 11.4. The second kappa shape index (κ2) is 6.69. The van der Waals surface area contributed by atoms with Crippen LogP contribution in [0.5, 0.6) is 0 Å².